The molecule has 22 heavy (non-hydrogen) atoms. The van der Waals surface area contributed by atoms with Gasteiger partial charge in [0.15, 0.2) is 4.34 Å². The lowest BCUT2D eigenvalue weighted by atomic mass is 10.2. The summed E-state index contributed by atoms with van der Waals surface area (Å²) in [5.41, 5.74) is 2.50. The molecule has 2 heterocycles. The Hall–Kier alpha value is -1.48. The summed E-state index contributed by atoms with van der Waals surface area (Å²) in [6.45, 7) is 2.10. The average molecular weight is 336 g/mol. The third-order valence-corrected chi connectivity index (χ3v) is 4.90. The number of carbonyl (C=O) groups excluding carboxylic acids is 1. The maximum atomic E-state index is 12.0. The van der Waals surface area contributed by atoms with E-state index in [0.717, 1.165) is 21.5 Å². The molecule has 1 fully saturated rings. The number of nitrogens with zero attached hydrogens (tertiary/aromatic N) is 2. The van der Waals surface area contributed by atoms with Crippen molar-refractivity contribution in [2.75, 3.05) is 25.1 Å². The van der Waals surface area contributed by atoms with E-state index in [2.05, 4.69) is 20.8 Å². The molecular formula is C14H16N4O2S2. The second-order valence-corrected chi connectivity index (χ2v) is 6.96. The molecule has 1 saturated heterocycles. The number of anilines is 1. The zero-order valence-electron chi connectivity index (χ0n) is 11.8. The topological polar surface area (TPSA) is 76.1 Å². The summed E-state index contributed by atoms with van der Waals surface area (Å²) < 4.78 is 6.25. The Labute approximate surface area is 136 Å². The Morgan fingerprint density at radius 2 is 2.32 bits per heavy atom. The summed E-state index contributed by atoms with van der Waals surface area (Å²) in [7, 11) is 0. The molecule has 1 unspecified atom stereocenters. The number of hydrogen-bond acceptors (Lipinski definition) is 7. The molecule has 2 aromatic rings. The van der Waals surface area contributed by atoms with Gasteiger partial charge in [0.2, 0.25) is 5.91 Å². The summed E-state index contributed by atoms with van der Waals surface area (Å²) >= 11 is 3.06. The molecule has 1 amide bonds. The van der Waals surface area contributed by atoms with Crippen LogP contribution >= 0.6 is 23.1 Å². The predicted molar refractivity (Wildman–Crippen MR) is 86.3 cm³/mol. The van der Waals surface area contributed by atoms with Crippen molar-refractivity contribution in [3.63, 3.8) is 0 Å². The van der Waals surface area contributed by atoms with Crippen molar-refractivity contribution in [1.29, 1.82) is 0 Å². The average Bonchev–Trinajstić information content (AvgIpc) is 3.03. The molecule has 0 saturated carbocycles. The Morgan fingerprint density at radius 3 is 3.00 bits per heavy atom. The lowest BCUT2D eigenvalue weighted by Crippen LogP contribution is -2.43. The Bertz CT molecular complexity index is 598. The summed E-state index contributed by atoms with van der Waals surface area (Å²) in [6, 6.07) is 7.81. The molecule has 0 spiro atoms. The standard InChI is InChI=1S/C14H16N4O2S2/c19-13(7-11-8-20-6-5-15-11)17-10-1-3-12(4-2-10)22-14-18-16-9-21-14/h1-4,9,11,15H,5-8H2,(H,17,19). The number of rotatable bonds is 5. The Balaban J connectivity index is 1.50. The minimum absolute atomic E-state index is 0.00692. The van der Waals surface area contributed by atoms with Crippen LogP contribution in [0.15, 0.2) is 39.0 Å². The minimum Gasteiger partial charge on any atom is -0.378 e. The molecule has 1 aromatic heterocycles. The fraction of sp³-hybridized carbons (Fsp3) is 0.357. The van der Waals surface area contributed by atoms with Gasteiger partial charge in [-0.2, -0.15) is 0 Å². The highest BCUT2D eigenvalue weighted by Crippen LogP contribution is 2.29. The molecule has 1 aliphatic rings. The van der Waals surface area contributed by atoms with Crippen molar-refractivity contribution in [3.05, 3.63) is 29.8 Å². The van der Waals surface area contributed by atoms with Crippen LogP contribution in [-0.4, -0.2) is 41.9 Å². The van der Waals surface area contributed by atoms with E-state index >= 15 is 0 Å². The van der Waals surface area contributed by atoms with E-state index < -0.39 is 0 Å². The third kappa shape index (κ3) is 4.51. The number of ether oxygens (including phenoxy) is 1. The molecule has 1 aromatic carbocycles. The van der Waals surface area contributed by atoms with Crippen LogP contribution in [0.25, 0.3) is 0 Å². The van der Waals surface area contributed by atoms with Gasteiger partial charge in [0.05, 0.1) is 13.2 Å². The van der Waals surface area contributed by atoms with Crippen LogP contribution in [0.2, 0.25) is 0 Å². The van der Waals surface area contributed by atoms with Gasteiger partial charge in [0, 0.05) is 29.6 Å². The highest BCUT2D eigenvalue weighted by Gasteiger charge is 2.16. The summed E-state index contributed by atoms with van der Waals surface area (Å²) in [5.74, 6) is -0.00692. The van der Waals surface area contributed by atoms with Crippen LogP contribution in [0.5, 0.6) is 0 Å². The van der Waals surface area contributed by atoms with Crippen molar-refractivity contribution in [1.82, 2.24) is 15.5 Å². The van der Waals surface area contributed by atoms with Gasteiger partial charge in [-0.1, -0.05) is 23.1 Å². The number of morpholine rings is 1. The van der Waals surface area contributed by atoms with E-state index in [1.165, 1.54) is 11.3 Å². The highest BCUT2D eigenvalue weighted by atomic mass is 32.2. The van der Waals surface area contributed by atoms with Gasteiger partial charge in [-0.3, -0.25) is 4.79 Å². The lowest BCUT2D eigenvalue weighted by Gasteiger charge is -2.23. The number of hydrogen-bond donors (Lipinski definition) is 2. The molecule has 3 rings (SSSR count). The van der Waals surface area contributed by atoms with Gasteiger partial charge >= 0.3 is 0 Å². The maximum Gasteiger partial charge on any atom is 0.226 e. The lowest BCUT2D eigenvalue weighted by molar-refractivity contribution is -0.117. The van der Waals surface area contributed by atoms with Crippen molar-refractivity contribution < 1.29 is 9.53 Å². The molecule has 0 radical (unpaired) electrons. The predicted octanol–water partition coefficient (Wildman–Crippen LogP) is 2.01. The van der Waals surface area contributed by atoms with E-state index in [1.54, 1.807) is 17.3 Å². The van der Waals surface area contributed by atoms with Crippen LogP contribution in [0, 0.1) is 0 Å². The van der Waals surface area contributed by atoms with Crippen LogP contribution in [-0.2, 0) is 9.53 Å². The van der Waals surface area contributed by atoms with Gasteiger partial charge < -0.3 is 15.4 Å². The fourth-order valence-electron chi connectivity index (χ4n) is 2.10. The molecular weight excluding hydrogens is 320 g/mol. The normalized spacial score (nSPS) is 18.1. The maximum absolute atomic E-state index is 12.0. The smallest absolute Gasteiger partial charge is 0.226 e. The zero-order valence-corrected chi connectivity index (χ0v) is 13.5. The van der Waals surface area contributed by atoms with Crippen LogP contribution in [0.1, 0.15) is 6.42 Å². The highest BCUT2D eigenvalue weighted by molar-refractivity contribution is 8.01. The molecule has 8 heteroatoms. The summed E-state index contributed by atoms with van der Waals surface area (Å²) in [5, 5.41) is 14.0. The second-order valence-electron chi connectivity index (χ2n) is 4.81. The van der Waals surface area contributed by atoms with Crippen LogP contribution in [0.3, 0.4) is 0 Å². The molecule has 1 aliphatic heterocycles. The second kappa shape index (κ2) is 7.68. The number of amides is 1. The molecule has 2 N–H and O–H groups in total. The van der Waals surface area contributed by atoms with Gasteiger partial charge in [0.1, 0.15) is 5.51 Å². The molecule has 0 bridgehead atoms. The first kappa shape index (κ1) is 15.4. The van der Waals surface area contributed by atoms with Gasteiger partial charge in [0.25, 0.3) is 0 Å². The minimum atomic E-state index is -0.00692. The molecule has 116 valence electrons. The first-order chi connectivity index (χ1) is 10.8. The van der Waals surface area contributed by atoms with Gasteiger partial charge in [-0.15, -0.1) is 10.2 Å². The first-order valence-corrected chi connectivity index (χ1v) is 8.64. The van der Waals surface area contributed by atoms with Gasteiger partial charge in [-0.25, -0.2) is 0 Å². The fourth-order valence-corrected chi connectivity index (χ4v) is 3.55. The van der Waals surface area contributed by atoms with Crippen molar-refractivity contribution >= 4 is 34.7 Å². The number of carbonyl (C=O) groups is 1. The van der Waals surface area contributed by atoms with Crippen LogP contribution in [0.4, 0.5) is 5.69 Å². The third-order valence-electron chi connectivity index (χ3n) is 3.11. The van der Waals surface area contributed by atoms with E-state index in [-0.39, 0.29) is 11.9 Å². The van der Waals surface area contributed by atoms with E-state index in [9.17, 15) is 4.79 Å². The van der Waals surface area contributed by atoms with Gasteiger partial charge in [-0.05, 0) is 24.3 Å². The van der Waals surface area contributed by atoms with E-state index in [1.807, 2.05) is 24.3 Å². The van der Waals surface area contributed by atoms with Crippen molar-refractivity contribution in [2.45, 2.75) is 21.7 Å². The van der Waals surface area contributed by atoms with E-state index in [4.69, 9.17) is 4.74 Å². The quantitative estimate of drug-likeness (QED) is 0.870. The number of aromatic nitrogens is 2. The monoisotopic (exact) mass is 336 g/mol. The summed E-state index contributed by atoms with van der Waals surface area (Å²) in [6.07, 6.45) is 0.418. The largest absolute Gasteiger partial charge is 0.378 e. The molecule has 0 aliphatic carbocycles. The molecule has 1 atom stereocenters. The Kier molecular flexibility index (Phi) is 5.38. The zero-order chi connectivity index (χ0) is 15.2. The van der Waals surface area contributed by atoms with E-state index in [0.29, 0.717) is 19.6 Å². The first-order valence-electron chi connectivity index (χ1n) is 6.95. The Morgan fingerprint density at radius 1 is 1.45 bits per heavy atom. The van der Waals surface area contributed by atoms with Crippen molar-refractivity contribution in [3.8, 4) is 0 Å². The van der Waals surface area contributed by atoms with Crippen LogP contribution < -0.4 is 10.6 Å². The molecule has 6 nitrogen and oxygen atoms in total. The summed E-state index contributed by atoms with van der Waals surface area (Å²) in [4.78, 5) is 13.1. The SMILES string of the molecule is O=C(CC1COCCN1)Nc1ccc(Sc2nncs2)cc1. The number of benzene rings is 1. The van der Waals surface area contributed by atoms with Crippen molar-refractivity contribution in [2.24, 2.45) is 0 Å². The number of nitrogens with one attached hydrogen (secondary N) is 2.